The number of hydrogen-bond donors (Lipinski definition) is 1. The van der Waals surface area contributed by atoms with Crippen LogP contribution in [0.2, 0.25) is 5.22 Å². The standard InChI is InChI=1S/C15H16ClN3O2S/c16-13-7-17-15(21-13)12-2-1-11(22-12)14(20)18-10-8-19-5-3-9(10)4-6-19/h1-2,7,9-10H,3-6,8H2,(H,18,20). The van der Waals surface area contributed by atoms with E-state index in [-0.39, 0.29) is 17.2 Å². The first-order valence-electron chi connectivity index (χ1n) is 7.44. The molecule has 0 aromatic carbocycles. The van der Waals surface area contributed by atoms with E-state index in [0.29, 0.717) is 16.7 Å². The minimum atomic E-state index is -0.00680. The summed E-state index contributed by atoms with van der Waals surface area (Å²) in [4.78, 5) is 20.4. The number of aromatic nitrogens is 1. The molecule has 0 saturated carbocycles. The monoisotopic (exact) mass is 337 g/mol. The molecule has 5 heterocycles. The lowest BCUT2D eigenvalue weighted by Crippen LogP contribution is -2.57. The molecule has 2 aromatic heterocycles. The highest BCUT2D eigenvalue weighted by Crippen LogP contribution is 2.30. The maximum Gasteiger partial charge on any atom is 0.261 e. The molecule has 3 aliphatic heterocycles. The number of rotatable bonds is 3. The van der Waals surface area contributed by atoms with E-state index in [0.717, 1.165) is 11.4 Å². The number of fused-ring (bicyclic) bond motifs is 3. The predicted molar refractivity (Wildman–Crippen MR) is 85.2 cm³/mol. The molecule has 3 fully saturated rings. The van der Waals surface area contributed by atoms with Crippen molar-refractivity contribution in [1.29, 1.82) is 0 Å². The summed E-state index contributed by atoms with van der Waals surface area (Å²) in [6.45, 7) is 3.32. The number of amides is 1. The van der Waals surface area contributed by atoms with Gasteiger partial charge in [-0.15, -0.1) is 11.3 Å². The summed E-state index contributed by atoms with van der Waals surface area (Å²) < 4.78 is 5.28. The van der Waals surface area contributed by atoms with E-state index in [2.05, 4.69) is 15.2 Å². The quantitative estimate of drug-likeness (QED) is 0.935. The van der Waals surface area contributed by atoms with E-state index < -0.39 is 0 Å². The molecule has 116 valence electrons. The maximum atomic E-state index is 12.4. The van der Waals surface area contributed by atoms with Gasteiger partial charge in [0.2, 0.25) is 11.1 Å². The second-order valence-corrected chi connectivity index (χ2v) is 7.31. The van der Waals surface area contributed by atoms with Crippen LogP contribution in [0.4, 0.5) is 0 Å². The molecule has 0 spiro atoms. The van der Waals surface area contributed by atoms with E-state index in [9.17, 15) is 4.79 Å². The lowest BCUT2D eigenvalue weighted by atomic mass is 9.84. The lowest BCUT2D eigenvalue weighted by Gasteiger charge is -2.44. The van der Waals surface area contributed by atoms with Crippen LogP contribution in [0.5, 0.6) is 0 Å². The van der Waals surface area contributed by atoms with Crippen molar-refractivity contribution in [2.45, 2.75) is 18.9 Å². The van der Waals surface area contributed by atoms with Gasteiger partial charge in [-0.25, -0.2) is 4.98 Å². The van der Waals surface area contributed by atoms with Crippen molar-refractivity contribution >= 4 is 28.8 Å². The van der Waals surface area contributed by atoms with Crippen molar-refractivity contribution in [2.75, 3.05) is 19.6 Å². The minimum Gasteiger partial charge on any atom is -0.424 e. The summed E-state index contributed by atoms with van der Waals surface area (Å²) in [5.74, 6) is 1.07. The summed E-state index contributed by atoms with van der Waals surface area (Å²) in [5.41, 5.74) is 0. The van der Waals surface area contributed by atoms with Gasteiger partial charge >= 0.3 is 0 Å². The maximum absolute atomic E-state index is 12.4. The third-order valence-corrected chi connectivity index (χ3v) is 5.74. The number of piperidine rings is 3. The van der Waals surface area contributed by atoms with Crippen LogP contribution in [0.3, 0.4) is 0 Å². The van der Waals surface area contributed by atoms with Crippen LogP contribution in [0, 0.1) is 5.92 Å². The van der Waals surface area contributed by atoms with Gasteiger partial charge in [-0.05, 0) is 55.6 Å². The highest BCUT2D eigenvalue weighted by molar-refractivity contribution is 7.17. The third-order valence-electron chi connectivity index (χ3n) is 4.49. The van der Waals surface area contributed by atoms with E-state index in [1.165, 1.54) is 43.5 Å². The van der Waals surface area contributed by atoms with Gasteiger partial charge in [0.1, 0.15) is 0 Å². The molecule has 5 nitrogen and oxygen atoms in total. The second-order valence-electron chi connectivity index (χ2n) is 5.85. The van der Waals surface area contributed by atoms with Gasteiger partial charge in [0.25, 0.3) is 5.91 Å². The molecule has 7 heteroatoms. The van der Waals surface area contributed by atoms with Crippen LogP contribution in [0.25, 0.3) is 10.8 Å². The van der Waals surface area contributed by atoms with E-state index in [4.69, 9.17) is 16.0 Å². The van der Waals surface area contributed by atoms with Gasteiger partial charge in [0.05, 0.1) is 16.0 Å². The van der Waals surface area contributed by atoms with E-state index in [1.807, 2.05) is 12.1 Å². The number of nitrogens with one attached hydrogen (secondary N) is 1. The predicted octanol–water partition coefficient (Wildman–Crippen LogP) is 2.88. The van der Waals surface area contributed by atoms with Gasteiger partial charge in [-0.3, -0.25) is 4.79 Å². The Morgan fingerprint density at radius 2 is 2.23 bits per heavy atom. The van der Waals surface area contributed by atoms with Gasteiger partial charge in [0.15, 0.2) is 0 Å². The van der Waals surface area contributed by atoms with Gasteiger partial charge in [-0.1, -0.05) is 0 Å². The van der Waals surface area contributed by atoms with Crippen molar-refractivity contribution in [2.24, 2.45) is 5.92 Å². The van der Waals surface area contributed by atoms with E-state index >= 15 is 0 Å². The summed E-state index contributed by atoms with van der Waals surface area (Å²) >= 11 is 7.11. The zero-order chi connectivity index (χ0) is 15.1. The number of halogens is 1. The SMILES string of the molecule is O=C(NC1CN2CCC1CC2)c1ccc(-c2ncc(Cl)o2)s1. The zero-order valence-corrected chi connectivity index (χ0v) is 13.5. The normalized spacial score (nSPS) is 27.0. The first-order chi connectivity index (χ1) is 10.7. The van der Waals surface area contributed by atoms with Crippen molar-refractivity contribution in [3.05, 3.63) is 28.4 Å². The van der Waals surface area contributed by atoms with Gasteiger partial charge < -0.3 is 14.6 Å². The first kappa shape index (κ1) is 14.2. The van der Waals surface area contributed by atoms with Crippen LogP contribution in [-0.4, -0.2) is 41.5 Å². The molecular weight excluding hydrogens is 322 g/mol. The molecular formula is C15H16ClN3O2S. The Morgan fingerprint density at radius 1 is 1.41 bits per heavy atom. The molecule has 5 rings (SSSR count). The van der Waals surface area contributed by atoms with Crippen LogP contribution in [-0.2, 0) is 0 Å². The van der Waals surface area contributed by atoms with Crippen molar-refractivity contribution < 1.29 is 9.21 Å². The van der Waals surface area contributed by atoms with Crippen molar-refractivity contribution in [1.82, 2.24) is 15.2 Å². The Bertz CT molecular complexity index is 691. The summed E-state index contributed by atoms with van der Waals surface area (Å²) in [6.07, 6.45) is 3.84. The smallest absolute Gasteiger partial charge is 0.261 e. The number of hydrogen-bond acceptors (Lipinski definition) is 5. The fraction of sp³-hybridized carbons (Fsp3) is 0.467. The molecule has 1 unspecified atom stereocenters. The molecule has 0 aliphatic carbocycles. The molecule has 1 atom stereocenters. The first-order valence-corrected chi connectivity index (χ1v) is 8.63. The van der Waals surface area contributed by atoms with Crippen LogP contribution in [0.15, 0.2) is 22.7 Å². The molecule has 2 bridgehead atoms. The van der Waals surface area contributed by atoms with Gasteiger partial charge in [0, 0.05) is 12.6 Å². The molecule has 1 N–H and O–H groups in total. The Kier molecular flexibility index (Phi) is 3.68. The fourth-order valence-corrected chi connectivity index (χ4v) is 4.28. The molecule has 1 amide bonds. The van der Waals surface area contributed by atoms with Crippen molar-refractivity contribution in [3.8, 4) is 10.8 Å². The third kappa shape index (κ3) is 2.66. The Morgan fingerprint density at radius 3 is 2.86 bits per heavy atom. The number of nitrogens with zero attached hydrogens (tertiary/aromatic N) is 2. The Labute approximate surface area is 137 Å². The number of thiophene rings is 1. The fourth-order valence-electron chi connectivity index (χ4n) is 3.31. The van der Waals surface area contributed by atoms with E-state index in [1.54, 1.807) is 0 Å². The molecule has 22 heavy (non-hydrogen) atoms. The largest absolute Gasteiger partial charge is 0.424 e. The summed E-state index contributed by atoms with van der Waals surface area (Å²) in [6, 6.07) is 3.93. The average molecular weight is 338 g/mol. The Hall–Kier alpha value is -1.37. The van der Waals surface area contributed by atoms with Crippen LogP contribution in [0.1, 0.15) is 22.5 Å². The van der Waals surface area contributed by atoms with Gasteiger partial charge in [-0.2, -0.15) is 0 Å². The highest BCUT2D eigenvalue weighted by Gasteiger charge is 2.35. The average Bonchev–Trinajstić information content (AvgIpc) is 3.17. The van der Waals surface area contributed by atoms with Crippen LogP contribution >= 0.6 is 22.9 Å². The molecule has 2 aromatic rings. The molecule has 0 radical (unpaired) electrons. The minimum absolute atomic E-state index is 0.00680. The highest BCUT2D eigenvalue weighted by atomic mass is 35.5. The van der Waals surface area contributed by atoms with Crippen LogP contribution < -0.4 is 5.32 Å². The number of oxazole rings is 1. The zero-order valence-electron chi connectivity index (χ0n) is 11.9. The Balaban J connectivity index is 1.46. The van der Waals surface area contributed by atoms with Crippen molar-refractivity contribution in [3.63, 3.8) is 0 Å². The summed E-state index contributed by atoms with van der Waals surface area (Å²) in [7, 11) is 0. The lowest BCUT2D eigenvalue weighted by molar-refractivity contribution is 0.0622. The number of carbonyl (C=O) groups is 1. The summed E-state index contributed by atoms with van der Waals surface area (Å²) in [5, 5.41) is 3.44. The second kappa shape index (κ2) is 5.68. The molecule has 3 saturated heterocycles. The topological polar surface area (TPSA) is 58.4 Å². The molecule has 3 aliphatic rings. The number of carbonyl (C=O) groups excluding carboxylic acids is 1.